The van der Waals surface area contributed by atoms with Crippen molar-refractivity contribution in [2.45, 2.75) is 53.4 Å². The Kier molecular flexibility index (Phi) is 4.99. The van der Waals surface area contributed by atoms with E-state index in [2.05, 4.69) is 9.84 Å². The first-order valence-electron chi connectivity index (χ1n) is 9.03. The second kappa shape index (κ2) is 7.00. The molecule has 0 fully saturated rings. The topological polar surface area (TPSA) is 48.5 Å². The molecule has 8 heteroatoms. The quantitative estimate of drug-likeness (QED) is 0.638. The second-order valence-corrected chi connectivity index (χ2v) is 7.05. The highest BCUT2D eigenvalue weighted by Crippen LogP contribution is 2.29. The van der Waals surface area contributed by atoms with Gasteiger partial charge in [0.25, 0.3) is 5.56 Å². The van der Waals surface area contributed by atoms with Crippen molar-refractivity contribution in [2.75, 3.05) is 0 Å². The maximum atomic E-state index is 13.2. The predicted octanol–water partition coefficient (Wildman–Crippen LogP) is 4.82. The number of nitrogens with zero attached hydrogens (tertiary/aromatic N) is 3. The van der Waals surface area contributed by atoms with E-state index in [4.69, 9.17) is 0 Å². The van der Waals surface area contributed by atoms with Crippen LogP contribution < -0.4 is 10.3 Å². The van der Waals surface area contributed by atoms with Crippen LogP contribution in [0.15, 0.2) is 29.1 Å². The van der Waals surface area contributed by atoms with Crippen molar-refractivity contribution in [3.63, 3.8) is 0 Å². The van der Waals surface area contributed by atoms with E-state index in [1.807, 2.05) is 33.8 Å². The van der Waals surface area contributed by atoms with E-state index in [1.54, 1.807) is 16.0 Å². The van der Waals surface area contributed by atoms with Gasteiger partial charge in [0.15, 0.2) is 5.82 Å². The van der Waals surface area contributed by atoms with E-state index in [9.17, 15) is 18.0 Å². The van der Waals surface area contributed by atoms with Crippen LogP contribution in [0.5, 0.6) is 5.75 Å². The first-order valence-corrected chi connectivity index (χ1v) is 9.03. The summed E-state index contributed by atoms with van der Waals surface area (Å²) < 4.78 is 44.6. The highest BCUT2D eigenvalue weighted by molar-refractivity contribution is 5.65. The first-order chi connectivity index (χ1) is 13.0. The van der Waals surface area contributed by atoms with Crippen LogP contribution >= 0.6 is 0 Å². The molecule has 3 rings (SSSR count). The van der Waals surface area contributed by atoms with Gasteiger partial charge >= 0.3 is 6.36 Å². The molecule has 0 saturated heterocycles. The molecule has 28 heavy (non-hydrogen) atoms. The van der Waals surface area contributed by atoms with Crippen LogP contribution in [0.2, 0.25) is 0 Å². The van der Waals surface area contributed by atoms with Crippen molar-refractivity contribution < 1.29 is 17.9 Å². The molecule has 5 nitrogen and oxygen atoms in total. The number of alkyl halides is 3. The van der Waals surface area contributed by atoms with E-state index < -0.39 is 6.36 Å². The molecule has 0 saturated carbocycles. The van der Waals surface area contributed by atoms with Gasteiger partial charge in [-0.3, -0.25) is 9.36 Å². The summed E-state index contributed by atoms with van der Waals surface area (Å²) in [4.78, 5) is 13.2. The molecule has 0 bridgehead atoms. The van der Waals surface area contributed by atoms with E-state index in [0.717, 1.165) is 11.3 Å². The minimum atomic E-state index is -4.76. The van der Waals surface area contributed by atoms with Crippen molar-refractivity contribution in [3.8, 4) is 17.1 Å². The van der Waals surface area contributed by atoms with Gasteiger partial charge in [0.05, 0.1) is 0 Å². The molecule has 2 aromatic heterocycles. The van der Waals surface area contributed by atoms with Gasteiger partial charge in [0.2, 0.25) is 0 Å². The molecule has 0 unspecified atom stereocenters. The van der Waals surface area contributed by atoms with Crippen LogP contribution in [0.3, 0.4) is 0 Å². The number of hydrogen-bond donors (Lipinski definition) is 0. The summed E-state index contributed by atoms with van der Waals surface area (Å²) >= 11 is 0. The summed E-state index contributed by atoms with van der Waals surface area (Å²) in [7, 11) is 0. The van der Waals surface area contributed by atoms with E-state index in [-0.39, 0.29) is 17.2 Å². The fourth-order valence-electron chi connectivity index (χ4n) is 3.39. The van der Waals surface area contributed by atoms with Crippen LogP contribution in [-0.2, 0) is 6.54 Å². The van der Waals surface area contributed by atoms with Gasteiger partial charge in [0.1, 0.15) is 11.3 Å². The lowest BCUT2D eigenvalue weighted by Crippen LogP contribution is -2.26. The summed E-state index contributed by atoms with van der Waals surface area (Å²) in [6.45, 7) is 9.80. The third kappa shape index (κ3) is 3.50. The number of benzene rings is 1. The number of halogens is 3. The molecule has 0 radical (unpaired) electrons. The Labute approximate surface area is 160 Å². The van der Waals surface area contributed by atoms with Gasteiger partial charge in [0, 0.05) is 17.8 Å². The van der Waals surface area contributed by atoms with Crippen LogP contribution in [0.25, 0.3) is 16.9 Å². The van der Waals surface area contributed by atoms with Crippen molar-refractivity contribution in [1.29, 1.82) is 0 Å². The molecule has 1 aromatic carbocycles. The smallest absolute Gasteiger partial charge is 0.406 e. The number of hydrogen-bond acceptors (Lipinski definition) is 3. The lowest BCUT2D eigenvalue weighted by atomic mass is 10.1. The normalized spacial score (nSPS) is 12.2. The zero-order chi connectivity index (χ0) is 20.8. The van der Waals surface area contributed by atoms with Crippen LogP contribution in [0, 0.1) is 13.8 Å². The lowest BCUT2D eigenvalue weighted by Gasteiger charge is -2.15. The van der Waals surface area contributed by atoms with E-state index >= 15 is 0 Å². The molecule has 3 aromatic rings. The highest BCUT2D eigenvalue weighted by Gasteiger charge is 2.31. The average Bonchev–Trinajstić information content (AvgIpc) is 2.91. The molecule has 0 N–H and O–H groups in total. The SMILES string of the molecule is CCn1c(-c2ccc(OC(F)(F)F)cc2C)nn2c(C)cc(C(C)C)c2c1=O. The third-order valence-corrected chi connectivity index (χ3v) is 4.69. The molecular weight excluding hydrogens is 371 g/mol. The first kappa shape index (κ1) is 20.0. The molecule has 150 valence electrons. The Morgan fingerprint density at radius 2 is 1.86 bits per heavy atom. The minimum Gasteiger partial charge on any atom is -0.406 e. The fourth-order valence-corrected chi connectivity index (χ4v) is 3.39. The van der Waals surface area contributed by atoms with Gasteiger partial charge in [-0.2, -0.15) is 0 Å². The minimum absolute atomic E-state index is 0.162. The highest BCUT2D eigenvalue weighted by atomic mass is 19.4. The maximum Gasteiger partial charge on any atom is 0.573 e. The lowest BCUT2D eigenvalue weighted by molar-refractivity contribution is -0.274. The van der Waals surface area contributed by atoms with Gasteiger partial charge in [-0.25, -0.2) is 4.52 Å². The average molecular weight is 393 g/mol. The third-order valence-electron chi connectivity index (χ3n) is 4.69. The number of fused-ring (bicyclic) bond motifs is 1. The molecule has 0 aliphatic rings. The number of ether oxygens (including phenoxy) is 1. The molecule has 2 heterocycles. The number of rotatable bonds is 4. The molecule has 0 spiro atoms. The molecule has 0 aliphatic carbocycles. The standard InChI is InChI=1S/C20H22F3N3O2/c1-6-25-18(15-8-7-14(9-12(15)4)28-20(21,22)23)24-26-13(5)10-16(11(2)3)17(26)19(25)27/h7-11H,6H2,1-5H3. The predicted molar refractivity (Wildman–Crippen MR) is 101 cm³/mol. The van der Waals surface area contributed by atoms with Gasteiger partial charge < -0.3 is 4.74 Å². The Morgan fingerprint density at radius 3 is 2.39 bits per heavy atom. The van der Waals surface area contributed by atoms with Gasteiger partial charge in [-0.1, -0.05) is 13.8 Å². The van der Waals surface area contributed by atoms with Crippen molar-refractivity contribution in [1.82, 2.24) is 14.2 Å². The largest absolute Gasteiger partial charge is 0.573 e. The maximum absolute atomic E-state index is 13.2. The van der Waals surface area contributed by atoms with Crippen LogP contribution in [0.4, 0.5) is 13.2 Å². The summed E-state index contributed by atoms with van der Waals surface area (Å²) in [6.07, 6.45) is -4.76. The summed E-state index contributed by atoms with van der Waals surface area (Å²) in [5, 5.41) is 4.66. The molecule has 0 aliphatic heterocycles. The molecule has 0 amide bonds. The zero-order valence-corrected chi connectivity index (χ0v) is 16.4. The summed E-state index contributed by atoms with van der Waals surface area (Å²) in [6, 6.07) is 5.97. The van der Waals surface area contributed by atoms with Crippen LogP contribution in [-0.4, -0.2) is 20.5 Å². The monoisotopic (exact) mass is 393 g/mol. The Hall–Kier alpha value is -2.77. The number of aromatic nitrogens is 3. The second-order valence-electron chi connectivity index (χ2n) is 7.05. The van der Waals surface area contributed by atoms with E-state index in [1.165, 1.54) is 18.2 Å². The Bertz CT molecular complexity index is 1090. The summed E-state index contributed by atoms with van der Waals surface area (Å²) in [5.41, 5.74) is 3.23. The molecular formula is C20H22F3N3O2. The van der Waals surface area contributed by atoms with E-state index in [0.29, 0.717) is 29.0 Å². The van der Waals surface area contributed by atoms with Crippen molar-refractivity contribution in [2.24, 2.45) is 0 Å². The Morgan fingerprint density at radius 1 is 1.18 bits per heavy atom. The summed E-state index contributed by atoms with van der Waals surface area (Å²) in [5.74, 6) is 0.263. The molecule has 0 atom stereocenters. The zero-order valence-electron chi connectivity index (χ0n) is 16.4. The van der Waals surface area contributed by atoms with Crippen molar-refractivity contribution in [3.05, 3.63) is 51.4 Å². The van der Waals surface area contributed by atoms with Crippen LogP contribution in [0.1, 0.15) is 43.5 Å². The van der Waals surface area contributed by atoms with Gasteiger partial charge in [-0.15, -0.1) is 18.3 Å². The fraction of sp³-hybridized carbons (Fsp3) is 0.400. The number of aryl methyl sites for hydroxylation is 2. The Balaban J connectivity index is 2.24. The van der Waals surface area contributed by atoms with Gasteiger partial charge in [-0.05, 0) is 62.1 Å². The van der Waals surface area contributed by atoms with Crippen molar-refractivity contribution >= 4 is 5.52 Å².